The highest BCUT2D eigenvalue weighted by molar-refractivity contribution is 7.17. The van der Waals surface area contributed by atoms with Crippen molar-refractivity contribution in [2.75, 3.05) is 24.6 Å². The average Bonchev–Trinajstić information content (AvgIpc) is 2.72. The lowest BCUT2D eigenvalue weighted by Crippen LogP contribution is -2.48. The van der Waals surface area contributed by atoms with Crippen molar-refractivity contribution < 1.29 is 14.6 Å². The van der Waals surface area contributed by atoms with Crippen LogP contribution in [0.3, 0.4) is 0 Å². The summed E-state index contributed by atoms with van der Waals surface area (Å²) in [7, 11) is 0. The van der Waals surface area contributed by atoms with E-state index in [0.29, 0.717) is 17.2 Å². The van der Waals surface area contributed by atoms with E-state index < -0.39 is 5.97 Å². The van der Waals surface area contributed by atoms with Gasteiger partial charge in [0.25, 0.3) is 0 Å². The Morgan fingerprint density at radius 2 is 2.21 bits per heavy atom. The number of anilines is 1. The highest BCUT2D eigenvalue weighted by Crippen LogP contribution is 2.32. The molecule has 0 saturated carbocycles. The SMILES string of the molecule is CC(C)c1nc(N2CCOC(C)(C)C2)sc1C(=O)O. The molecule has 1 aliphatic heterocycles. The van der Waals surface area contributed by atoms with Crippen molar-refractivity contribution in [2.45, 2.75) is 39.2 Å². The smallest absolute Gasteiger partial charge is 0.347 e. The third kappa shape index (κ3) is 3.06. The summed E-state index contributed by atoms with van der Waals surface area (Å²) in [5.41, 5.74) is 0.461. The van der Waals surface area contributed by atoms with Gasteiger partial charge in [0, 0.05) is 13.1 Å². The maximum Gasteiger partial charge on any atom is 0.347 e. The van der Waals surface area contributed by atoms with E-state index in [-0.39, 0.29) is 11.5 Å². The number of carboxylic acids is 1. The van der Waals surface area contributed by atoms with E-state index in [4.69, 9.17) is 4.74 Å². The lowest BCUT2D eigenvalue weighted by atomic mass is 10.1. The minimum absolute atomic E-state index is 0.116. The van der Waals surface area contributed by atoms with E-state index in [9.17, 15) is 9.90 Å². The average molecular weight is 284 g/mol. The summed E-state index contributed by atoms with van der Waals surface area (Å²) in [5.74, 6) is -0.773. The van der Waals surface area contributed by atoms with Crippen LogP contribution in [-0.2, 0) is 4.74 Å². The third-order valence-corrected chi connectivity index (χ3v) is 4.20. The van der Waals surface area contributed by atoms with Crippen LogP contribution in [0.4, 0.5) is 5.13 Å². The van der Waals surface area contributed by atoms with Gasteiger partial charge < -0.3 is 14.7 Å². The molecule has 1 N–H and O–H groups in total. The Morgan fingerprint density at radius 3 is 2.68 bits per heavy atom. The molecule has 0 bridgehead atoms. The zero-order valence-electron chi connectivity index (χ0n) is 11.8. The van der Waals surface area contributed by atoms with Crippen LogP contribution in [0.15, 0.2) is 0 Å². The number of aromatic nitrogens is 1. The molecule has 1 saturated heterocycles. The molecule has 6 heteroatoms. The van der Waals surface area contributed by atoms with Crippen LogP contribution in [0.1, 0.15) is 49.0 Å². The first-order valence-electron chi connectivity index (χ1n) is 6.43. The number of nitrogens with zero attached hydrogens (tertiary/aromatic N) is 2. The molecule has 106 valence electrons. The van der Waals surface area contributed by atoms with Gasteiger partial charge in [-0.05, 0) is 19.8 Å². The van der Waals surface area contributed by atoms with Gasteiger partial charge in [0.2, 0.25) is 0 Å². The highest BCUT2D eigenvalue weighted by atomic mass is 32.1. The number of rotatable bonds is 3. The highest BCUT2D eigenvalue weighted by Gasteiger charge is 2.30. The number of ether oxygens (including phenoxy) is 1. The molecule has 2 rings (SSSR count). The summed E-state index contributed by atoms with van der Waals surface area (Å²) in [5, 5.41) is 10.0. The molecule has 1 aromatic heterocycles. The van der Waals surface area contributed by atoms with Gasteiger partial charge in [-0.25, -0.2) is 9.78 Å². The molecule has 0 aliphatic carbocycles. The Labute approximate surface area is 117 Å². The second kappa shape index (κ2) is 5.09. The summed E-state index contributed by atoms with van der Waals surface area (Å²) in [4.78, 5) is 18.3. The van der Waals surface area contributed by atoms with Crippen molar-refractivity contribution in [2.24, 2.45) is 0 Å². The maximum absolute atomic E-state index is 11.3. The predicted molar refractivity (Wildman–Crippen MR) is 75.4 cm³/mol. The number of aromatic carboxylic acids is 1. The second-order valence-corrected chi connectivity index (χ2v) is 6.68. The molecular weight excluding hydrogens is 264 g/mol. The van der Waals surface area contributed by atoms with Gasteiger partial charge in [-0.3, -0.25) is 0 Å². The van der Waals surface area contributed by atoms with Crippen LogP contribution < -0.4 is 4.90 Å². The standard InChI is InChI=1S/C13H20N2O3S/c1-8(2)9-10(11(16)17)19-12(14-9)15-5-6-18-13(3,4)7-15/h8H,5-7H2,1-4H3,(H,16,17). The number of hydrogen-bond acceptors (Lipinski definition) is 5. The van der Waals surface area contributed by atoms with Gasteiger partial charge in [-0.15, -0.1) is 0 Å². The summed E-state index contributed by atoms with van der Waals surface area (Å²) in [6, 6.07) is 0. The summed E-state index contributed by atoms with van der Waals surface area (Å²) < 4.78 is 5.67. The van der Waals surface area contributed by atoms with Gasteiger partial charge in [0.15, 0.2) is 5.13 Å². The summed E-state index contributed by atoms with van der Waals surface area (Å²) >= 11 is 1.26. The van der Waals surface area contributed by atoms with Crippen LogP contribution in [0.5, 0.6) is 0 Å². The van der Waals surface area contributed by atoms with E-state index in [1.165, 1.54) is 11.3 Å². The first-order chi connectivity index (χ1) is 8.80. The zero-order chi connectivity index (χ0) is 14.2. The number of morpholine rings is 1. The lowest BCUT2D eigenvalue weighted by Gasteiger charge is -2.38. The Balaban J connectivity index is 2.30. The van der Waals surface area contributed by atoms with E-state index in [0.717, 1.165) is 18.2 Å². The molecule has 0 spiro atoms. The molecule has 0 radical (unpaired) electrons. The van der Waals surface area contributed by atoms with Crippen molar-refractivity contribution in [3.05, 3.63) is 10.6 Å². The molecule has 1 aromatic rings. The summed E-state index contributed by atoms with van der Waals surface area (Å²) in [6.45, 7) is 10.1. The largest absolute Gasteiger partial charge is 0.477 e. The quantitative estimate of drug-likeness (QED) is 0.924. The molecular formula is C13H20N2O3S. The van der Waals surface area contributed by atoms with Gasteiger partial charge in [-0.1, -0.05) is 25.2 Å². The van der Waals surface area contributed by atoms with Gasteiger partial charge >= 0.3 is 5.97 Å². The maximum atomic E-state index is 11.3. The number of hydrogen-bond donors (Lipinski definition) is 1. The molecule has 2 heterocycles. The van der Waals surface area contributed by atoms with Gasteiger partial charge in [0.1, 0.15) is 4.88 Å². The number of carbonyl (C=O) groups is 1. The van der Waals surface area contributed by atoms with Gasteiger partial charge in [-0.2, -0.15) is 0 Å². The molecule has 5 nitrogen and oxygen atoms in total. The molecule has 0 unspecified atom stereocenters. The minimum atomic E-state index is -0.889. The van der Waals surface area contributed by atoms with Crippen molar-refractivity contribution >= 4 is 22.4 Å². The monoisotopic (exact) mass is 284 g/mol. The van der Waals surface area contributed by atoms with Crippen molar-refractivity contribution in [1.29, 1.82) is 0 Å². The molecule has 19 heavy (non-hydrogen) atoms. The van der Waals surface area contributed by atoms with Crippen LogP contribution >= 0.6 is 11.3 Å². The molecule has 1 aliphatic rings. The zero-order valence-corrected chi connectivity index (χ0v) is 12.6. The lowest BCUT2D eigenvalue weighted by molar-refractivity contribution is -0.0277. The van der Waals surface area contributed by atoms with Crippen LogP contribution in [-0.4, -0.2) is 41.4 Å². The Hall–Kier alpha value is -1.14. The van der Waals surface area contributed by atoms with E-state index >= 15 is 0 Å². The Bertz CT molecular complexity index is 482. The number of carboxylic acid groups (broad SMARTS) is 1. The normalized spacial score (nSPS) is 18.9. The third-order valence-electron chi connectivity index (χ3n) is 3.08. The Morgan fingerprint density at radius 1 is 1.53 bits per heavy atom. The van der Waals surface area contributed by atoms with E-state index in [2.05, 4.69) is 9.88 Å². The van der Waals surface area contributed by atoms with E-state index in [1.54, 1.807) is 0 Å². The Kier molecular flexibility index (Phi) is 3.82. The van der Waals surface area contributed by atoms with E-state index in [1.807, 2.05) is 27.7 Å². The minimum Gasteiger partial charge on any atom is -0.477 e. The van der Waals surface area contributed by atoms with Crippen LogP contribution in [0, 0.1) is 0 Å². The number of thiazole rings is 1. The topological polar surface area (TPSA) is 62.7 Å². The molecule has 0 amide bonds. The van der Waals surface area contributed by atoms with Crippen molar-refractivity contribution in [3.63, 3.8) is 0 Å². The van der Waals surface area contributed by atoms with Crippen molar-refractivity contribution in [1.82, 2.24) is 4.98 Å². The van der Waals surface area contributed by atoms with Crippen LogP contribution in [0.25, 0.3) is 0 Å². The molecule has 0 aromatic carbocycles. The summed E-state index contributed by atoms with van der Waals surface area (Å²) in [6.07, 6.45) is 0. The second-order valence-electron chi connectivity index (χ2n) is 5.70. The first kappa shape index (κ1) is 14.3. The van der Waals surface area contributed by atoms with Crippen molar-refractivity contribution in [3.8, 4) is 0 Å². The van der Waals surface area contributed by atoms with Crippen LogP contribution in [0.2, 0.25) is 0 Å². The fraction of sp³-hybridized carbons (Fsp3) is 0.692. The predicted octanol–water partition coefficient (Wildman–Crippen LogP) is 2.58. The fourth-order valence-electron chi connectivity index (χ4n) is 2.18. The van der Waals surface area contributed by atoms with Gasteiger partial charge in [0.05, 0.1) is 17.9 Å². The molecule has 0 atom stereocenters. The fourth-order valence-corrected chi connectivity index (χ4v) is 3.26. The first-order valence-corrected chi connectivity index (χ1v) is 7.25. The molecule has 1 fully saturated rings.